The van der Waals surface area contributed by atoms with E-state index in [1.54, 1.807) is 0 Å². The molecule has 0 heterocycles. The first kappa shape index (κ1) is 24.6. The summed E-state index contributed by atoms with van der Waals surface area (Å²) in [5.41, 5.74) is 1.52. The Morgan fingerprint density at radius 3 is 2.30 bits per heavy atom. The first-order valence-corrected chi connectivity index (χ1v) is 15.3. The molecule has 0 radical (unpaired) electrons. The van der Waals surface area contributed by atoms with E-state index < -0.39 is 0 Å². The zero-order chi connectivity index (χ0) is 23.6. The average Bonchev–Trinajstić information content (AvgIpc) is 3.12. The summed E-state index contributed by atoms with van der Waals surface area (Å²) in [7, 11) is 0. The van der Waals surface area contributed by atoms with E-state index in [2.05, 4.69) is 41.5 Å². The van der Waals surface area contributed by atoms with E-state index in [0.29, 0.717) is 22.9 Å². The van der Waals surface area contributed by atoms with Crippen molar-refractivity contribution in [2.45, 2.75) is 125 Å². The van der Waals surface area contributed by atoms with Crippen molar-refractivity contribution >= 4 is 0 Å². The molecule has 1 nitrogen and oxygen atoms in total. The van der Waals surface area contributed by atoms with Gasteiger partial charge in [-0.15, -0.1) is 0 Å². The standard InChI is InChI=1S/C32H56O/c1-7-32(20-33)19-23-18-31(6)24(17-29(23)32)11-12-25-27-14-13-26(22(4)10-8-9-21(2)3)30(27,5)16-15-28(25)31/h21-29,33H,7-20H2,1-6H3/t22-,23?,24+,25+,26-,27+,28+,29?,30-,31+,32?/m1/s1. The number of rotatable bonds is 7. The summed E-state index contributed by atoms with van der Waals surface area (Å²) in [6, 6.07) is 0. The van der Waals surface area contributed by atoms with Crippen LogP contribution >= 0.6 is 0 Å². The third-order valence-corrected chi connectivity index (χ3v) is 13.6. The largest absolute Gasteiger partial charge is 0.396 e. The van der Waals surface area contributed by atoms with Crippen LogP contribution in [0.3, 0.4) is 0 Å². The van der Waals surface area contributed by atoms with Gasteiger partial charge in [0.25, 0.3) is 0 Å². The molecule has 1 N–H and O–H groups in total. The zero-order valence-electron chi connectivity index (χ0n) is 23.0. The highest BCUT2D eigenvalue weighted by Crippen LogP contribution is 2.72. The lowest BCUT2D eigenvalue weighted by Crippen LogP contribution is -2.61. The van der Waals surface area contributed by atoms with E-state index in [9.17, 15) is 5.11 Å². The van der Waals surface area contributed by atoms with Gasteiger partial charge in [-0.3, -0.25) is 0 Å². The predicted molar refractivity (Wildman–Crippen MR) is 140 cm³/mol. The Morgan fingerprint density at radius 2 is 1.61 bits per heavy atom. The van der Waals surface area contributed by atoms with E-state index >= 15 is 0 Å². The fourth-order valence-electron chi connectivity index (χ4n) is 11.6. The minimum absolute atomic E-state index is 0.290. The average molecular weight is 457 g/mol. The normalized spacial score (nSPS) is 51.8. The molecule has 5 aliphatic carbocycles. The summed E-state index contributed by atoms with van der Waals surface area (Å²) in [5, 5.41) is 10.2. The zero-order valence-corrected chi connectivity index (χ0v) is 23.0. The molecule has 0 saturated heterocycles. The minimum Gasteiger partial charge on any atom is -0.396 e. The van der Waals surface area contributed by atoms with Crippen molar-refractivity contribution < 1.29 is 5.11 Å². The highest BCUT2D eigenvalue weighted by atomic mass is 16.3. The molecular weight excluding hydrogens is 400 g/mol. The molecule has 5 aliphatic rings. The lowest BCUT2D eigenvalue weighted by atomic mass is 9.37. The van der Waals surface area contributed by atoms with E-state index in [-0.39, 0.29) is 0 Å². The third-order valence-electron chi connectivity index (χ3n) is 13.6. The molecule has 0 bridgehead atoms. The van der Waals surface area contributed by atoms with Gasteiger partial charge in [-0.2, -0.15) is 0 Å². The SMILES string of the molecule is CCC1(CO)CC2C[C@@]3(C)[C@@H](CC[C@@H]4[C@@H]3CC[C@]3(C)[C@@H]([C@H](C)CCCC(C)C)CC[C@@H]43)CC21. The molecule has 0 spiro atoms. The van der Waals surface area contributed by atoms with Gasteiger partial charge in [0, 0.05) is 6.61 Å². The molecule has 0 amide bonds. The van der Waals surface area contributed by atoms with E-state index in [0.717, 1.165) is 53.3 Å². The summed E-state index contributed by atoms with van der Waals surface area (Å²) in [6.07, 6.45) is 18.9. The Hall–Kier alpha value is -0.0400. The highest BCUT2D eigenvalue weighted by molar-refractivity contribution is 5.14. The van der Waals surface area contributed by atoms with Crippen LogP contribution in [-0.2, 0) is 0 Å². The van der Waals surface area contributed by atoms with E-state index in [1.807, 2.05) is 0 Å². The molecule has 0 aromatic rings. The maximum absolute atomic E-state index is 10.2. The highest BCUT2D eigenvalue weighted by Gasteiger charge is 2.65. The van der Waals surface area contributed by atoms with Crippen molar-refractivity contribution in [2.24, 2.45) is 69.5 Å². The maximum atomic E-state index is 10.2. The number of aliphatic hydroxyl groups is 1. The van der Waals surface area contributed by atoms with Crippen LogP contribution < -0.4 is 0 Å². The van der Waals surface area contributed by atoms with Gasteiger partial charge in [0.1, 0.15) is 0 Å². The summed E-state index contributed by atoms with van der Waals surface area (Å²) >= 11 is 0. The van der Waals surface area contributed by atoms with Gasteiger partial charge >= 0.3 is 0 Å². The first-order chi connectivity index (χ1) is 15.7. The van der Waals surface area contributed by atoms with Gasteiger partial charge in [0.05, 0.1) is 0 Å². The number of fused-ring (bicyclic) bond motifs is 6. The predicted octanol–water partition coefficient (Wildman–Crippen LogP) is 8.74. The Balaban J connectivity index is 1.28. The van der Waals surface area contributed by atoms with Crippen LogP contribution in [0.1, 0.15) is 125 Å². The van der Waals surface area contributed by atoms with Gasteiger partial charge < -0.3 is 5.11 Å². The topological polar surface area (TPSA) is 20.2 Å². The second-order valence-corrected chi connectivity index (χ2v) is 15.1. The molecule has 0 aromatic heterocycles. The Kier molecular flexibility index (Phi) is 6.58. The molecule has 11 atom stereocenters. The minimum atomic E-state index is 0.290. The van der Waals surface area contributed by atoms with Crippen molar-refractivity contribution in [1.82, 2.24) is 0 Å². The molecule has 1 heteroatoms. The van der Waals surface area contributed by atoms with Crippen molar-refractivity contribution in [3.05, 3.63) is 0 Å². The smallest absolute Gasteiger partial charge is 0.0490 e. The molecule has 5 fully saturated rings. The molecule has 5 rings (SSSR count). The first-order valence-electron chi connectivity index (χ1n) is 15.3. The summed E-state index contributed by atoms with van der Waals surface area (Å²) in [5.74, 6) is 8.49. The molecule has 0 aromatic carbocycles. The van der Waals surface area contributed by atoms with Crippen molar-refractivity contribution in [1.29, 1.82) is 0 Å². The van der Waals surface area contributed by atoms with Crippen molar-refractivity contribution in [3.63, 3.8) is 0 Å². The van der Waals surface area contributed by atoms with Crippen LogP contribution in [0.5, 0.6) is 0 Å². The number of hydrogen-bond acceptors (Lipinski definition) is 1. The van der Waals surface area contributed by atoms with Crippen molar-refractivity contribution in [2.75, 3.05) is 6.61 Å². The summed E-state index contributed by atoms with van der Waals surface area (Å²) < 4.78 is 0. The van der Waals surface area contributed by atoms with Crippen LogP contribution in [0, 0.1) is 69.5 Å². The van der Waals surface area contributed by atoms with E-state index in [4.69, 9.17) is 0 Å². The van der Waals surface area contributed by atoms with Crippen molar-refractivity contribution in [3.8, 4) is 0 Å². The van der Waals surface area contributed by atoms with Crippen LogP contribution in [0.25, 0.3) is 0 Å². The van der Waals surface area contributed by atoms with Gasteiger partial charge in [-0.05, 0) is 134 Å². The molecule has 33 heavy (non-hydrogen) atoms. The Bertz CT molecular complexity index is 693. The molecular formula is C32H56O. The summed E-state index contributed by atoms with van der Waals surface area (Å²) in [4.78, 5) is 0. The van der Waals surface area contributed by atoms with Crippen LogP contribution in [0.2, 0.25) is 0 Å². The van der Waals surface area contributed by atoms with Crippen LogP contribution in [-0.4, -0.2) is 11.7 Å². The van der Waals surface area contributed by atoms with Gasteiger partial charge in [-0.25, -0.2) is 0 Å². The number of aliphatic hydroxyl groups excluding tert-OH is 1. The van der Waals surface area contributed by atoms with Crippen LogP contribution in [0.4, 0.5) is 0 Å². The molecule has 190 valence electrons. The fourth-order valence-corrected chi connectivity index (χ4v) is 11.6. The Morgan fingerprint density at radius 1 is 0.848 bits per heavy atom. The molecule has 5 saturated carbocycles. The maximum Gasteiger partial charge on any atom is 0.0490 e. The quantitative estimate of drug-likeness (QED) is 0.406. The third kappa shape index (κ3) is 3.71. The second kappa shape index (κ2) is 8.81. The Labute approximate surface area is 206 Å². The fraction of sp³-hybridized carbons (Fsp3) is 1.00. The second-order valence-electron chi connectivity index (χ2n) is 15.1. The van der Waals surface area contributed by atoms with Crippen LogP contribution in [0.15, 0.2) is 0 Å². The molecule has 0 aliphatic heterocycles. The lowest BCUT2D eigenvalue weighted by Gasteiger charge is -2.68. The number of hydrogen-bond donors (Lipinski definition) is 1. The van der Waals surface area contributed by atoms with Gasteiger partial charge in [0.15, 0.2) is 0 Å². The lowest BCUT2D eigenvalue weighted by molar-refractivity contribution is -0.195. The molecule has 3 unspecified atom stereocenters. The monoisotopic (exact) mass is 456 g/mol. The van der Waals surface area contributed by atoms with Gasteiger partial charge in [0.2, 0.25) is 0 Å². The van der Waals surface area contributed by atoms with Gasteiger partial charge in [-0.1, -0.05) is 60.8 Å². The van der Waals surface area contributed by atoms with E-state index in [1.165, 1.54) is 83.5 Å². The summed E-state index contributed by atoms with van der Waals surface area (Å²) in [6.45, 7) is 15.7.